The summed E-state index contributed by atoms with van der Waals surface area (Å²) in [6, 6.07) is 6.02. The Labute approximate surface area is 126 Å². The Morgan fingerprint density at radius 3 is 2.68 bits per heavy atom. The summed E-state index contributed by atoms with van der Waals surface area (Å²) in [7, 11) is 0. The van der Waals surface area contributed by atoms with Crippen LogP contribution in [0.4, 0.5) is 16.2 Å². The molecule has 3 rings (SSSR count). The van der Waals surface area contributed by atoms with Gasteiger partial charge in [-0.15, -0.1) is 6.58 Å². The molecule has 3 aromatic rings. The molecule has 0 spiro atoms. The zero-order valence-electron chi connectivity index (χ0n) is 11.6. The average Bonchev–Trinajstić information content (AvgIpc) is 2.53. The molecule has 110 valence electrons. The largest absolute Gasteiger partial charge is 0.368 e. The highest BCUT2D eigenvalue weighted by atomic mass is 19.1. The zero-order valence-corrected chi connectivity index (χ0v) is 11.6. The van der Waals surface area contributed by atoms with Gasteiger partial charge in [0.1, 0.15) is 5.82 Å². The molecule has 0 aliphatic rings. The molecule has 6 nitrogen and oxygen atoms in total. The van der Waals surface area contributed by atoms with Gasteiger partial charge in [0.2, 0.25) is 5.95 Å². The van der Waals surface area contributed by atoms with Crippen LogP contribution in [0.15, 0.2) is 43.1 Å². The number of halogens is 1. The third kappa shape index (κ3) is 2.69. The Bertz CT molecular complexity index is 831. The van der Waals surface area contributed by atoms with E-state index < -0.39 is 0 Å². The molecule has 0 aliphatic carbocycles. The maximum absolute atomic E-state index is 13.0. The first-order chi connectivity index (χ1) is 10.7. The minimum absolute atomic E-state index is 0.114. The lowest BCUT2D eigenvalue weighted by Gasteiger charge is -2.08. The van der Waals surface area contributed by atoms with E-state index in [0.717, 1.165) is 5.56 Å². The summed E-state index contributed by atoms with van der Waals surface area (Å²) in [6.45, 7) is 4.15. The van der Waals surface area contributed by atoms with Crippen LogP contribution in [0.3, 0.4) is 0 Å². The Balaban J connectivity index is 2.12. The summed E-state index contributed by atoms with van der Waals surface area (Å²) in [5, 5.41) is 3.05. The Hall–Kier alpha value is -3.09. The highest BCUT2D eigenvalue weighted by molar-refractivity contribution is 5.85. The maximum atomic E-state index is 13.0. The van der Waals surface area contributed by atoms with Gasteiger partial charge < -0.3 is 11.1 Å². The van der Waals surface area contributed by atoms with Gasteiger partial charge in [-0.05, 0) is 24.3 Å². The minimum Gasteiger partial charge on any atom is -0.368 e. The second-order valence-corrected chi connectivity index (χ2v) is 4.53. The fourth-order valence-electron chi connectivity index (χ4n) is 1.98. The number of nitrogens with zero attached hydrogens (tertiary/aromatic N) is 4. The van der Waals surface area contributed by atoms with Crippen molar-refractivity contribution in [3.8, 4) is 11.3 Å². The Morgan fingerprint density at radius 1 is 1.18 bits per heavy atom. The van der Waals surface area contributed by atoms with Crippen molar-refractivity contribution in [2.45, 2.75) is 0 Å². The fourth-order valence-corrected chi connectivity index (χ4v) is 1.98. The normalized spacial score (nSPS) is 10.6. The first kappa shape index (κ1) is 13.9. The molecular formula is C15H13FN6. The second kappa shape index (κ2) is 5.72. The van der Waals surface area contributed by atoms with E-state index in [4.69, 9.17) is 5.73 Å². The predicted octanol–water partition coefficient (Wildman–Crippen LogP) is 2.41. The third-order valence-corrected chi connectivity index (χ3v) is 2.98. The Kier molecular flexibility index (Phi) is 3.61. The first-order valence-electron chi connectivity index (χ1n) is 6.58. The molecule has 0 fully saturated rings. The first-order valence-corrected chi connectivity index (χ1v) is 6.58. The van der Waals surface area contributed by atoms with E-state index >= 15 is 0 Å². The highest BCUT2D eigenvalue weighted by Crippen LogP contribution is 2.22. The number of fused-ring (bicyclic) bond motifs is 1. The minimum atomic E-state index is -0.304. The van der Waals surface area contributed by atoms with Crippen molar-refractivity contribution >= 4 is 22.9 Å². The van der Waals surface area contributed by atoms with Gasteiger partial charge in [0.25, 0.3) is 0 Å². The van der Waals surface area contributed by atoms with E-state index in [1.165, 1.54) is 12.1 Å². The third-order valence-electron chi connectivity index (χ3n) is 2.98. The van der Waals surface area contributed by atoms with Crippen LogP contribution in [0.2, 0.25) is 0 Å². The number of nitrogens with two attached hydrogens (primary N) is 1. The van der Waals surface area contributed by atoms with E-state index in [9.17, 15) is 4.39 Å². The topological polar surface area (TPSA) is 89.6 Å². The second-order valence-electron chi connectivity index (χ2n) is 4.53. The van der Waals surface area contributed by atoms with E-state index in [1.54, 1.807) is 24.4 Å². The zero-order chi connectivity index (χ0) is 15.5. The van der Waals surface area contributed by atoms with Crippen LogP contribution in [-0.4, -0.2) is 26.5 Å². The lowest BCUT2D eigenvalue weighted by atomic mass is 10.1. The quantitative estimate of drug-likeness (QED) is 0.719. The van der Waals surface area contributed by atoms with Gasteiger partial charge in [-0.2, -0.15) is 9.97 Å². The number of hydrogen-bond donors (Lipinski definition) is 2. The molecule has 0 aliphatic heterocycles. The van der Waals surface area contributed by atoms with Gasteiger partial charge in [-0.1, -0.05) is 6.08 Å². The molecule has 1 aromatic carbocycles. The average molecular weight is 296 g/mol. The van der Waals surface area contributed by atoms with Crippen molar-refractivity contribution in [3.63, 3.8) is 0 Å². The van der Waals surface area contributed by atoms with Gasteiger partial charge >= 0.3 is 0 Å². The monoisotopic (exact) mass is 296 g/mol. The lowest BCUT2D eigenvalue weighted by Crippen LogP contribution is -2.07. The molecule has 0 radical (unpaired) electrons. The van der Waals surface area contributed by atoms with Gasteiger partial charge in [0.15, 0.2) is 17.0 Å². The van der Waals surface area contributed by atoms with Crippen molar-refractivity contribution in [3.05, 3.63) is 48.9 Å². The van der Waals surface area contributed by atoms with Crippen LogP contribution in [0.5, 0.6) is 0 Å². The van der Waals surface area contributed by atoms with Gasteiger partial charge in [-0.3, -0.25) is 0 Å². The number of anilines is 2. The standard InChI is InChI=1S/C15H13FN6/c1-2-7-18-13-12-14(22-15(17)21-13)19-8-11(20-12)9-3-5-10(16)6-4-9/h2-6,8H,1,7H2,(H3,17,18,19,21,22). The summed E-state index contributed by atoms with van der Waals surface area (Å²) in [4.78, 5) is 17.0. The number of nitrogens with one attached hydrogen (secondary N) is 1. The number of rotatable bonds is 4. The highest BCUT2D eigenvalue weighted by Gasteiger charge is 2.10. The fraction of sp³-hybridized carbons (Fsp3) is 0.0667. The van der Waals surface area contributed by atoms with Gasteiger partial charge in [-0.25, -0.2) is 14.4 Å². The van der Waals surface area contributed by atoms with E-state index in [-0.39, 0.29) is 11.8 Å². The van der Waals surface area contributed by atoms with Crippen molar-refractivity contribution < 1.29 is 4.39 Å². The lowest BCUT2D eigenvalue weighted by molar-refractivity contribution is 0.628. The van der Waals surface area contributed by atoms with Gasteiger partial charge in [0.05, 0.1) is 11.9 Å². The van der Waals surface area contributed by atoms with Crippen LogP contribution < -0.4 is 11.1 Å². The van der Waals surface area contributed by atoms with Crippen molar-refractivity contribution in [2.75, 3.05) is 17.6 Å². The maximum Gasteiger partial charge on any atom is 0.224 e. The van der Waals surface area contributed by atoms with E-state index in [1.807, 2.05) is 0 Å². The predicted molar refractivity (Wildman–Crippen MR) is 83.6 cm³/mol. The van der Waals surface area contributed by atoms with Crippen molar-refractivity contribution in [2.24, 2.45) is 0 Å². The smallest absolute Gasteiger partial charge is 0.224 e. The summed E-state index contributed by atoms with van der Waals surface area (Å²) in [5.41, 5.74) is 7.91. The molecule has 0 bridgehead atoms. The summed E-state index contributed by atoms with van der Waals surface area (Å²) in [6.07, 6.45) is 3.26. The number of benzene rings is 1. The number of aromatic nitrogens is 4. The molecule has 0 unspecified atom stereocenters. The summed E-state index contributed by atoms with van der Waals surface area (Å²) in [5.74, 6) is 0.295. The van der Waals surface area contributed by atoms with Crippen LogP contribution >= 0.6 is 0 Å². The molecule has 7 heteroatoms. The molecule has 2 heterocycles. The molecule has 0 atom stereocenters. The molecule has 0 saturated heterocycles. The molecule has 0 saturated carbocycles. The van der Waals surface area contributed by atoms with E-state index in [0.29, 0.717) is 29.2 Å². The number of hydrogen-bond acceptors (Lipinski definition) is 6. The van der Waals surface area contributed by atoms with Crippen LogP contribution in [0.1, 0.15) is 0 Å². The van der Waals surface area contributed by atoms with E-state index in [2.05, 4.69) is 31.8 Å². The van der Waals surface area contributed by atoms with Gasteiger partial charge in [0, 0.05) is 12.1 Å². The summed E-state index contributed by atoms with van der Waals surface area (Å²) < 4.78 is 13.0. The SMILES string of the molecule is C=CCNc1nc(N)nc2ncc(-c3ccc(F)cc3)nc12. The van der Waals surface area contributed by atoms with Crippen LogP contribution in [-0.2, 0) is 0 Å². The number of nitrogen functional groups attached to an aromatic ring is 1. The van der Waals surface area contributed by atoms with Crippen LogP contribution in [0, 0.1) is 5.82 Å². The molecule has 3 N–H and O–H groups in total. The van der Waals surface area contributed by atoms with Crippen molar-refractivity contribution in [1.82, 2.24) is 19.9 Å². The molecule has 0 amide bonds. The Morgan fingerprint density at radius 2 is 1.95 bits per heavy atom. The summed E-state index contributed by atoms with van der Waals surface area (Å²) >= 11 is 0. The van der Waals surface area contributed by atoms with Crippen molar-refractivity contribution in [1.29, 1.82) is 0 Å². The molecule has 22 heavy (non-hydrogen) atoms. The molecule has 2 aromatic heterocycles. The molecular weight excluding hydrogens is 283 g/mol. The van der Waals surface area contributed by atoms with Crippen LogP contribution in [0.25, 0.3) is 22.4 Å².